The van der Waals surface area contributed by atoms with Gasteiger partial charge in [-0.1, -0.05) is 18.2 Å². The normalized spacial score (nSPS) is 21.7. The van der Waals surface area contributed by atoms with Crippen molar-refractivity contribution >= 4 is 34.9 Å². The summed E-state index contributed by atoms with van der Waals surface area (Å²) in [6.45, 7) is 1.60. The first-order valence-corrected chi connectivity index (χ1v) is 9.46. The second-order valence-electron chi connectivity index (χ2n) is 6.70. The van der Waals surface area contributed by atoms with Crippen LogP contribution < -0.4 is 10.6 Å². The van der Waals surface area contributed by atoms with Crippen LogP contribution in [-0.2, 0) is 21.5 Å². The minimum absolute atomic E-state index is 0.291. The van der Waals surface area contributed by atoms with E-state index in [0.717, 1.165) is 33.7 Å². The van der Waals surface area contributed by atoms with Crippen LogP contribution in [-0.4, -0.2) is 29.3 Å². The van der Waals surface area contributed by atoms with E-state index in [2.05, 4.69) is 10.6 Å². The molecular weight excluding hydrogens is 350 g/mol. The van der Waals surface area contributed by atoms with Gasteiger partial charge in [-0.25, -0.2) is 4.79 Å². The SMILES string of the molecule is Cc1ccccc1NC(=O)CN1C(=O)NC2(CCCc3sccc32)C1=O. The quantitative estimate of drug-likeness (QED) is 0.817. The fourth-order valence-corrected chi connectivity index (χ4v) is 4.73. The van der Waals surface area contributed by atoms with Crippen LogP contribution in [0.3, 0.4) is 0 Å². The van der Waals surface area contributed by atoms with E-state index in [1.807, 2.05) is 36.6 Å². The summed E-state index contributed by atoms with van der Waals surface area (Å²) in [6, 6.07) is 8.79. The van der Waals surface area contributed by atoms with E-state index in [9.17, 15) is 14.4 Å². The first-order valence-electron chi connectivity index (χ1n) is 8.58. The number of hydrogen-bond donors (Lipinski definition) is 2. The Kier molecular flexibility index (Phi) is 4.03. The van der Waals surface area contributed by atoms with Gasteiger partial charge < -0.3 is 10.6 Å². The van der Waals surface area contributed by atoms with Crippen molar-refractivity contribution in [3.63, 3.8) is 0 Å². The lowest BCUT2D eigenvalue weighted by atomic mass is 9.80. The number of para-hydroxylation sites is 1. The molecule has 1 aromatic carbocycles. The molecule has 1 spiro atoms. The molecule has 1 unspecified atom stereocenters. The van der Waals surface area contributed by atoms with Gasteiger partial charge in [-0.05, 0) is 49.3 Å². The number of carbonyl (C=O) groups excluding carboxylic acids is 3. The molecule has 2 aliphatic rings. The van der Waals surface area contributed by atoms with Crippen LogP contribution in [0.1, 0.15) is 28.8 Å². The number of aryl methyl sites for hydroxylation is 2. The monoisotopic (exact) mass is 369 g/mol. The van der Waals surface area contributed by atoms with Crippen molar-refractivity contribution in [3.8, 4) is 0 Å². The fourth-order valence-electron chi connectivity index (χ4n) is 3.73. The van der Waals surface area contributed by atoms with E-state index in [-0.39, 0.29) is 18.4 Å². The van der Waals surface area contributed by atoms with Crippen LogP contribution >= 0.6 is 11.3 Å². The number of thiophene rings is 1. The molecular formula is C19H19N3O3S. The van der Waals surface area contributed by atoms with Gasteiger partial charge in [0.05, 0.1) is 0 Å². The number of benzene rings is 1. The van der Waals surface area contributed by atoms with Gasteiger partial charge in [-0.15, -0.1) is 11.3 Å². The van der Waals surface area contributed by atoms with E-state index >= 15 is 0 Å². The fraction of sp³-hybridized carbons (Fsp3) is 0.316. The predicted molar refractivity (Wildman–Crippen MR) is 99.0 cm³/mol. The molecule has 1 aliphatic heterocycles. The zero-order valence-corrected chi connectivity index (χ0v) is 15.2. The molecule has 7 heteroatoms. The lowest BCUT2D eigenvalue weighted by Gasteiger charge is -2.31. The molecule has 134 valence electrons. The average Bonchev–Trinajstić information content (AvgIpc) is 3.18. The lowest BCUT2D eigenvalue weighted by molar-refractivity contribution is -0.134. The maximum Gasteiger partial charge on any atom is 0.325 e. The summed E-state index contributed by atoms with van der Waals surface area (Å²) in [5, 5.41) is 7.58. The molecule has 26 heavy (non-hydrogen) atoms. The van der Waals surface area contributed by atoms with E-state index in [4.69, 9.17) is 0 Å². The third-order valence-corrected chi connectivity index (χ3v) is 6.04. The highest BCUT2D eigenvalue weighted by atomic mass is 32.1. The molecule has 1 saturated heterocycles. The van der Waals surface area contributed by atoms with Crippen molar-refractivity contribution in [1.82, 2.24) is 10.2 Å². The predicted octanol–water partition coefficient (Wildman–Crippen LogP) is 2.78. The highest BCUT2D eigenvalue weighted by molar-refractivity contribution is 7.10. The molecule has 2 N–H and O–H groups in total. The van der Waals surface area contributed by atoms with Gasteiger partial charge in [0, 0.05) is 16.1 Å². The van der Waals surface area contributed by atoms with Crippen molar-refractivity contribution in [1.29, 1.82) is 0 Å². The Hall–Kier alpha value is -2.67. The Balaban J connectivity index is 1.54. The highest BCUT2D eigenvalue weighted by Gasteiger charge is 2.54. The Morgan fingerprint density at radius 2 is 2.12 bits per heavy atom. The summed E-state index contributed by atoms with van der Waals surface area (Å²) in [5.41, 5.74) is 1.48. The van der Waals surface area contributed by atoms with Crippen molar-refractivity contribution in [2.45, 2.75) is 31.7 Å². The van der Waals surface area contributed by atoms with Crippen molar-refractivity contribution in [2.75, 3.05) is 11.9 Å². The van der Waals surface area contributed by atoms with Crippen molar-refractivity contribution in [3.05, 3.63) is 51.7 Å². The number of nitrogens with one attached hydrogen (secondary N) is 2. The average molecular weight is 369 g/mol. The first-order chi connectivity index (χ1) is 12.5. The molecule has 4 amide bonds. The van der Waals surface area contributed by atoms with Crippen LogP contribution in [0.2, 0.25) is 0 Å². The Morgan fingerprint density at radius 1 is 1.31 bits per heavy atom. The summed E-state index contributed by atoms with van der Waals surface area (Å²) in [6.07, 6.45) is 2.33. The summed E-state index contributed by atoms with van der Waals surface area (Å²) < 4.78 is 0. The molecule has 1 aromatic heterocycles. The first kappa shape index (κ1) is 16.8. The van der Waals surface area contributed by atoms with Crippen molar-refractivity contribution < 1.29 is 14.4 Å². The summed E-state index contributed by atoms with van der Waals surface area (Å²) in [4.78, 5) is 40.1. The summed E-state index contributed by atoms with van der Waals surface area (Å²) in [5.74, 6) is -0.719. The van der Waals surface area contributed by atoms with Crippen LogP contribution in [0.15, 0.2) is 35.7 Å². The second-order valence-corrected chi connectivity index (χ2v) is 7.70. The largest absolute Gasteiger partial charge is 0.325 e. The zero-order chi connectivity index (χ0) is 18.3. The summed E-state index contributed by atoms with van der Waals surface area (Å²) >= 11 is 1.61. The number of carbonyl (C=O) groups is 3. The molecule has 2 aromatic rings. The number of fused-ring (bicyclic) bond motifs is 2. The van der Waals surface area contributed by atoms with Gasteiger partial charge in [0.15, 0.2) is 0 Å². The van der Waals surface area contributed by atoms with E-state index < -0.39 is 11.6 Å². The molecule has 1 atom stereocenters. The number of urea groups is 1. The van der Waals surface area contributed by atoms with Crippen molar-refractivity contribution in [2.24, 2.45) is 0 Å². The van der Waals surface area contributed by atoms with E-state index in [1.165, 1.54) is 0 Å². The molecule has 2 heterocycles. The smallest absolute Gasteiger partial charge is 0.324 e. The summed E-state index contributed by atoms with van der Waals surface area (Å²) in [7, 11) is 0. The van der Waals surface area contributed by atoms with Crippen LogP contribution in [0, 0.1) is 6.92 Å². The van der Waals surface area contributed by atoms with Gasteiger partial charge in [-0.3, -0.25) is 14.5 Å². The number of imide groups is 1. The number of rotatable bonds is 3. The second kappa shape index (κ2) is 6.25. The third-order valence-electron chi connectivity index (χ3n) is 5.06. The van der Waals surface area contributed by atoms with Gasteiger partial charge >= 0.3 is 6.03 Å². The van der Waals surface area contributed by atoms with E-state index in [0.29, 0.717) is 12.1 Å². The minimum Gasteiger partial charge on any atom is -0.324 e. The van der Waals surface area contributed by atoms with Gasteiger partial charge in [-0.2, -0.15) is 0 Å². The number of amides is 4. The van der Waals surface area contributed by atoms with Gasteiger partial charge in [0.2, 0.25) is 5.91 Å². The molecule has 0 bridgehead atoms. The maximum absolute atomic E-state index is 13.1. The third kappa shape index (κ3) is 2.59. The zero-order valence-electron chi connectivity index (χ0n) is 14.4. The molecule has 6 nitrogen and oxygen atoms in total. The Bertz CT molecular complexity index is 907. The Morgan fingerprint density at radius 3 is 2.92 bits per heavy atom. The number of hydrogen-bond acceptors (Lipinski definition) is 4. The van der Waals surface area contributed by atoms with Gasteiger partial charge in [0.1, 0.15) is 12.1 Å². The molecule has 1 aliphatic carbocycles. The maximum atomic E-state index is 13.1. The molecule has 4 rings (SSSR count). The number of nitrogens with zero attached hydrogens (tertiary/aromatic N) is 1. The lowest BCUT2D eigenvalue weighted by Crippen LogP contribution is -2.46. The van der Waals surface area contributed by atoms with Crippen LogP contribution in [0.5, 0.6) is 0 Å². The molecule has 0 radical (unpaired) electrons. The van der Waals surface area contributed by atoms with Crippen LogP contribution in [0.25, 0.3) is 0 Å². The Labute approximate surface area is 155 Å². The van der Waals surface area contributed by atoms with Crippen LogP contribution in [0.4, 0.5) is 10.5 Å². The molecule has 1 fully saturated rings. The molecule has 0 saturated carbocycles. The highest BCUT2D eigenvalue weighted by Crippen LogP contribution is 2.42. The topological polar surface area (TPSA) is 78.5 Å². The minimum atomic E-state index is -1.01. The van der Waals surface area contributed by atoms with Gasteiger partial charge in [0.25, 0.3) is 5.91 Å². The van der Waals surface area contributed by atoms with E-state index in [1.54, 1.807) is 17.4 Å². The standard InChI is InChI=1S/C19H19N3O3S/c1-12-5-2-3-6-14(12)20-16(23)11-22-17(24)19(21-18(22)25)9-4-7-15-13(19)8-10-26-15/h2-3,5-6,8,10H,4,7,9,11H2,1H3,(H,20,23)(H,21,25). The number of anilines is 1.